The van der Waals surface area contributed by atoms with Crippen LogP contribution in [-0.4, -0.2) is 35.6 Å². The van der Waals surface area contributed by atoms with Gasteiger partial charge in [0.1, 0.15) is 0 Å². The van der Waals surface area contributed by atoms with E-state index in [1.807, 2.05) is 13.1 Å². The zero-order valence-electron chi connectivity index (χ0n) is 16.8. The molecule has 2 heterocycles. The van der Waals surface area contributed by atoms with E-state index in [0.29, 0.717) is 37.0 Å². The Balaban J connectivity index is 0.00000320. The van der Waals surface area contributed by atoms with Crippen LogP contribution in [0.3, 0.4) is 0 Å². The number of para-hydroxylation sites is 1. The summed E-state index contributed by atoms with van der Waals surface area (Å²) < 4.78 is 37.9. The van der Waals surface area contributed by atoms with E-state index in [-0.39, 0.29) is 24.0 Å². The number of aliphatic imine (C=N–C) groups is 1. The highest BCUT2D eigenvalue weighted by Gasteiger charge is 2.33. The number of thiazole rings is 1. The van der Waals surface area contributed by atoms with Crippen molar-refractivity contribution in [3.8, 4) is 0 Å². The van der Waals surface area contributed by atoms with E-state index in [0.717, 1.165) is 28.7 Å². The molecule has 0 radical (unpaired) electrons. The SMILES string of the molecule is CCNC(=NCCc1nc(C(F)(F)F)cs1)NCCc1c[nH]c2c(C)cccc12.I. The largest absolute Gasteiger partial charge is 0.434 e. The van der Waals surface area contributed by atoms with E-state index in [1.54, 1.807) is 0 Å². The number of nitrogens with zero attached hydrogens (tertiary/aromatic N) is 2. The molecule has 3 N–H and O–H groups in total. The topological polar surface area (TPSA) is 65.1 Å². The first-order valence-electron chi connectivity index (χ1n) is 9.48. The minimum Gasteiger partial charge on any atom is -0.361 e. The molecule has 3 aromatic rings. The summed E-state index contributed by atoms with van der Waals surface area (Å²) in [6.45, 7) is 5.81. The molecule has 164 valence electrons. The molecule has 0 bridgehead atoms. The first-order chi connectivity index (χ1) is 13.9. The Bertz CT molecular complexity index is 980. The second-order valence-electron chi connectivity index (χ2n) is 6.62. The minimum absolute atomic E-state index is 0. The first kappa shape index (κ1) is 24.4. The zero-order chi connectivity index (χ0) is 20.9. The first-order valence-corrected chi connectivity index (χ1v) is 10.4. The maximum Gasteiger partial charge on any atom is 0.434 e. The van der Waals surface area contributed by atoms with Gasteiger partial charge < -0.3 is 15.6 Å². The fourth-order valence-electron chi connectivity index (χ4n) is 3.05. The van der Waals surface area contributed by atoms with E-state index < -0.39 is 11.9 Å². The summed E-state index contributed by atoms with van der Waals surface area (Å²) in [5.74, 6) is 0.649. The molecule has 30 heavy (non-hydrogen) atoms. The summed E-state index contributed by atoms with van der Waals surface area (Å²) in [6, 6.07) is 6.24. The molecule has 0 saturated heterocycles. The van der Waals surface area contributed by atoms with Gasteiger partial charge in [-0.1, -0.05) is 18.2 Å². The minimum atomic E-state index is -4.39. The van der Waals surface area contributed by atoms with Crippen LogP contribution in [0.15, 0.2) is 34.8 Å². The van der Waals surface area contributed by atoms with Crippen molar-refractivity contribution in [1.29, 1.82) is 0 Å². The number of nitrogens with one attached hydrogen (secondary N) is 3. The maximum absolute atomic E-state index is 12.6. The lowest BCUT2D eigenvalue weighted by Gasteiger charge is -2.11. The smallest absolute Gasteiger partial charge is 0.361 e. The van der Waals surface area contributed by atoms with Crippen molar-refractivity contribution < 1.29 is 13.2 Å². The van der Waals surface area contributed by atoms with Gasteiger partial charge in [0, 0.05) is 48.5 Å². The van der Waals surface area contributed by atoms with Crippen molar-refractivity contribution in [2.75, 3.05) is 19.6 Å². The predicted molar refractivity (Wildman–Crippen MR) is 127 cm³/mol. The van der Waals surface area contributed by atoms with Crippen molar-refractivity contribution in [3.63, 3.8) is 0 Å². The Kier molecular flexibility index (Phi) is 8.95. The highest BCUT2D eigenvalue weighted by Crippen LogP contribution is 2.30. The fraction of sp³-hybridized carbons (Fsp3) is 0.400. The molecule has 5 nitrogen and oxygen atoms in total. The molecule has 0 saturated carbocycles. The van der Waals surface area contributed by atoms with Gasteiger partial charge in [-0.25, -0.2) is 4.98 Å². The van der Waals surface area contributed by atoms with Crippen LogP contribution in [0.5, 0.6) is 0 Å². The van der Waals surface area contributed by atoms with Crippen LogP contribution < -0.4 is 10.6 Å². The number of hydrogen-bond donors (Lipinski definition) is 3. The number of guanidine groups is 1. The van der Waals surface area contributed by atoms with Crippen molar-refractivity contribution in [1.82, 2.24) is 20.6 Å². The average Bonchev–Trinajstić information content (AvgIpc) is 3.30. The van der Waals surface area contributed by atoms with Gasteiger partial charge in [0.15, 0.2) is 11.7 Å². The fourth-order valence-corrected chi connectivity index (χ4v) is 3.84. The molecule has 0 unspecified atom stereocenters. The second kappa shape index (κ2) is 11.0. The Labute approximate surface area is 194 Å². The normalized spacial score (nSPS) is 12.1. The van der Waals surface area contributed by atoms with E-state index in [9.17, 15) is 13.2 Å². The molecule has 3 rings (SSSR count). The molecule has 10 heteroatoms. The van der Waals surface area contributed by atoms with Gasteiger partial charge in [-0.3, -0.25) is 4.99 Å². The van der Waals surface area contributed by atoms with Crippen LogP contribution in [0, 0.1) is 6.92 Å². The molecule has 0 aliphatic carbocycles. The number of hydrogen-bond acceptors (Lipinski definition) is 3. The zero-order valence-corrected chi connectivity index (χ0v) is 19.9. The van der Waals surface area contributed by atoms with Gasteiger partial charge in [-0.15, -0.1) is 35.3 Å². The number of aromatic nitrogens is 2. The Morgan fingerprint density at radius 1 is 1.23 bits per heavy atom. The van der Waals surface area contributed by atoms with Crippen molar-refractivity contribution in [2.24, 2.45) is 4.99 Å². The lowest BCUT2D eigenvalue weighted by Crippen LogP contribution is -2.38. The summed E-state index contributed by atoms with van der Waals surface area (Å²) in [5.41, 5.74) is 2.77. The lowest BCUT2D eigenvalue weighted by atomic mass is 10.1. The molecular formula is C20H25F3IN5S. The third-order valence-electron chi connectivity index (χ3n) is 4.48. The van der Waals surface area contributed by atoms with Crippen LogP contribution in [0.2, 0.25) is 0 Å². The number of benzene rings is 1. The summed E-state index contributed by atoms with van der Waals surface area (Å²) in [4.78, 5) is 11.4. The molecule has 0 fully saturated rings. The Morgan fingerprint density at radius 2 is 2.03 bits per heavy atom. The molecule has 0 spiro atoms. The number of H-pyrrole nitrogens is 1. The number of fused-ring (bicyclic) bond motifs is 1. The van der Waals surface area contributed by atoms with Crippen molar-refractivity contribution >= 4 is 52.2 Å². The van der Waals surface area contributed by atoms with Crippen LogP contribution in [0.1, 0.15) is 28.8 Å². The average molecular weight is 551 g/mol. The van der Waals surface area contributed by atoms with Crippen molar-refractivity contribution in [3.05, 3.63) is 51.6 Å². The number of aryl methyl sites for hydroxylation is 1. The molecule has 0 amide bonds. The number of alkyl halides is 3. The molecule has 0 aliphatic heterocycles. The highest BCUT2D eigenvalue weighted by atomic mass is 127. The molecule has 0 atom stereocenters. The van der Waals surface area contributed by atoms with Crippen LogP contribution >= 0.6 is 35.3 Å². The Hall–Kier alpha value is -1.82. The third kappa shape index (κ3) is 6.34. The van der Waals surface area contributed by atoms with E-state index in [1.165, 1.54) is 16.5 Å². The predicted octanol–water partition coefficient (Wildman–Crippen LogP) is 4.91. The summed E-state index contributed by atoms with van der Waals surface area (Å²) >= 11 is 1.02. The van der Waals surface area contributed by atoms with Gasteiger partial charge >= 0.3 is 6.18 Å². The second-order valence-corrected chi connectivity index (χ2v) is 7.57. The summed E-state index contributed by atoms with van der Waals surface area (Å²) in [7, 11) is 0. The van der Waals surface area contributed by atoms with Crippen LogP contribution in [-0.2, 0) is 19.0 Å². The van der Waals surface area contributed by atoms with Crippen molar-refractivity contribution in [2.45, 2.75) is 32.9 Å². The van der Waals surface area contributed by atoms with Crippen LogP contribution in [0.4, 0.5) is 13.2 Å². The lowest BCUT2D eigenvalue weighted by molar-refractivity contribution is -0.140. The molecular weight excluding hydrogens is 526 g/mol. The van der Waals surface area contributed by atoms with Gasteiger partial charge in [0.25, 0.3) is 0 Å². The number of halogens is 4. The molecule has 1 aromatic carbocycles. The number of rotatable bonds is 7. The van der Waals surface area contributed by atoms with E-state index in [4.69, 9.17) is 0 Å². The van der Waals surface area contributed by atoms with Gasteiger partial charge in [0.05, 0.1) is 5.01 Å². The molecule has 0 aliphatic rings. The third-order valence-corrected chi connectivity index (χ3v) is 5.39. The number of aromatic amines is 1. The quantitative estimate of drug-likeness (QED) is 0.222. The monoisotopic (exact) mass is 551 g/mol. The standard InChI is InChI=1S/C20H24F3N5S.HI/c1-3-24-19(26-10-8-17-28-16(12-29-17)20(21,22)23)25-9-7-14-11-27-18-13(2)5-4-6-15(14)18;/h4-6,11-12,27H,3,7-10H2,1-2H3,(H2,24,25,26);1H. The maximum atomic E-state index is 12.6. The Morgan fingerprint density at radius 3 is 2.73 bits per heavy atom. The van der Waals surface area contributed by atoms with Crippen LogP contribution in [0.25, 0.3) is 10.9 Å². The summed E-state index contributed by atoms with van der Waals surface area (Å²) in [6.07, 6.45) is -1.16. The molecule has 2 aromatic heterocycles. The van der Waals surface area contributed by atoms with Gasteiger partial charge in [-0.05, 0) is 31.4 Å². The highest BCUT2D eigenvalue weighted by molar-refractivity contribution is 14.0. The van der Waals surface area contributed by atoms with Gasteiger partial charge in [-0.2, -0.15) is 13.2 Å². The van der Waals surface area contributed by atoms with E-state index in [2.05, 4.69) is 50.7 Å². The van der Waals surface area contributed by atoms with E-state index >= 15 is 0 Å². The van der Waals surface area contributed by atoms with Gasteiger partial charge in [0.2, 0.25) is 0 Å². The summed E-state index contributed by atoms with van der Waals surface area (Å²) in [5, 5.41) is 9.14.